The summed E-state index contributed by atoms with van der Waals surface area (Å²) in [6.45, 7) is 1.68. The lowest BCUT2D eigenvalue weighted by Crippen LogP contribution is -2.39. The van der Waals surface area contributed by atoms with Gasteiger partial charge in [0.1, 0.15) is 5.82 Å². The number of halogens is 1. The number of hydrogen-bond donors (Lipinski definition) is 3. The van der Waals surface area contributed by atoms with E-state index < -0.39 is 18.2 Å². The molecule has 0 spiro atoms. The highest BCUT2D eigenvalue weighted by molar-refractivity contribution is 5.99. The minimum atomic E-state index is -0.947. The predicted molar refractivity (Wildman–Crippen MR) is 94.7 cm³/mol. The first-order valence-electron chi connectivity index (χ1n) is 7.89. The summed E-state index contributed by atoms with van der Waals surface area (Å²) in [5.74, 6) is -0.377. The maximum atomic E-state index is 13.0. The van der Waals surface area contributed by atoms with Crippen LogP contribution in [0.4, 0.5) is 14.9 Å². The number of carbonyl (C=O) groups is 1. The fourth-order valence-electron chi connectivity index (χ4n) is 2.60. The second kappa shape index (κ2) is 7.27. The zero-order valence-corrected chi connectivity index (χ0v) is 13.6. The van der Waals surface area contributed by atoms with Crippen LogP contribution in [0.1, 0.15) is 18.6 Å². The Kier molecular flexibility index (Phi) is 4.90. The molecule has 2 unspecified atom stereocenters. The van der Waals surface area contributed by atoms with Gasteiger partial charge in [-0.3, -0.25) is 4.98 Å². The van der Waals surface area contributed by atoms with E-state index in [2.05, 4.69) is 15.6 Å². The van der Waals surface area contributed by atoms with Gasteiger partial charge in [-0.25, -0.2) is 9.18 Å². The number of aliphatic hydroxyl groups excluding tert-OH is 1. The molecule has 25 heavy (non-hydrogen) atoms. The summed E-state index contributed by atoms with van der Waals surface area (Å²) in [6.07, 6.45) is 0.712. The minimum absolute atomic E-state index is 0.377. The third-order valence-corrected chi connectivity index (χ3v) is 3.92. The maximum absolute atomic E-state index is 13.0. The Balaban J connectivity index is 1.68. The molecule has 0 saturated heterocycles. The summed E-state index contributed by atoms with van der Waals surface area (Å²) in [5, 5.41) is 16.6. The van der Waals surface area contributed by atoms with Crippen LogP contribution in [0.5, 0.6) is 0 Å². The Morgan fingerprint density at radius 2 is 1.84 bits per heavy atom. The number of para-hydroxylation sites is 1. The van der Waals surface area contributed by atoms with Crippen LogP contribution in [0.25, 0.3) is 10.9 Å². The summed E-state index contributed by atoms with van der Waals surface area (Å²) >= 11 is 0. The number of nitrogens with zero attached hydrogens (tertiary/aromatic N) is 1. The number of nitrogens with one attached hydrogen (secondary N) is 2. The van der Waals surface area contributed by atoms with Crippen LogP contribution in [0.15, 0.2) is 60.8 Å². The van der Waals surface area contributed by atoms with Gasteiger partial charge < -0.3 is 15.7 Å². The van der Waals surface area contributed by atoms with Gasteiger partial charge in [0.25, 0.3) is 0 Å². The van der Waals surface area contributed by atoms with Crippen molar-refractivity contribution in [3.05, 3.63) is 72.2 Å². The summed E-state index contributed by atoms with van der Waals surface area (Å²) < 4.78 is 13.0. The predicted octanol–water partition coefficient (Wildman–Crippen LogP) is 3.62. The van der Waals surface area contributed by atoms with Crippen LogP contribution in [-0.4, -0.2) is 22.2 Å². The number of amides is 2. The zero-order chi connectivity index (χ0) is 17.8. The van der Waals surface area contributed by atoms with Crippen molar-refractivity contribution in [3.8, 4) is 0 Å². The number of hydrogen-bond acceptors (Lipinski definition) is 3. The summed E-state index contributed by atoms with van der Waals surface area (Å²) in [5.41, 5.74) is 1.80. The number of aromatic nitrogens is 1. The van der Waals surface area contributed by atoms with Gasteiger partial charge in [0.2, 0.25) is 0 Å². The molecule has 3 rings (SSSR count). The molecule has 128 valence electrons. The van der Waals surface area contributed by atoms with E-state index in [-0.39, 0.29) is 5.82 Å². The van der Waals surface area contributed by atoms with E-state index in [1.807, 2.05) is 24.3 Å². The van der Waals surface area contributed by atoms with E-state index >= 15 is 0 Å². The first kappa shape index (κ1) is 16.9. The van der Waals surface area contributed by atoms with Gasteiger partial charge in [-0.2, -0.15) is 0 Å². The Morgan fingerprint density at radius 3 is 2.60 bits per heavy atom. The Hall–Kier alpha value is -2.99. The number of rotatable bonds is 4. The van der Waals surface area contributed by atoms with Crippen LogP contribution in [-0.2, 0) is 0 Å². The van der Waals surface area contributed by atoms with Gasteiger partial charge in [-0.05, 0) is 36.8 Å². The molecule has 2 amide bonds. The smallest absolute Gasteiger partial charge is 0.319 e. The molecule has 3 aromatic rings. The van der Waals surface area contributed by atoms with Crippen LogP contribution in [0.3, 0.4) is 0 Å². The second-order valence-corrected chi connectivity index (χ2v) is 5.76. The van der Waals surface area contributed by atoms with Gasteiger partial charge in [0.05, 0.1) is 23.3 Å². The van der Waals surface area contributed by atoms with E-state index in [0.717, 1.165) is 5.39 Å². The summed E-state index contributed by atoms with van der Waals surface area (Å²) in [4.78, 5) is 16.5. The Labute approximate surface area is 144 Å². The highest BCUT2D eigenvalue weighted by atomic mass is 19.1. The highest BCUT2D eigenvalue weighted by Crippen LogP contribution is 2.21. The fourth-order valence-corrected chi connectivity index (χ4v) is 2.60. The lowest BCUT2D eigenvalue weighted by atomic mass is 10.0. The maximum Gasteiger partial charge on any atom is 0.319 e. The van der Waals surface area contributed by atoms with Crippen molar-refractivity contribution in [3.63, 3.8) is 0 Å². The van der Waals surface area contributed by atoms with E-state index in [9.17, 15) is 14.3 Å². The number of benzene rings is 2. The monoisotopic (exact) mass is 339 g/mol. The molecule has 0 bridgehead atoms. The Bertz CT molecular complexity index is 878. The van der Waals surface area contributed by atoms with Crippen molar-refractivity contribution in [2.24, 2.45) is 0 Å². The molecule has 0 aliphatic rings. The normalized spacial score (nSPS) is 13.2. The standard InChI is InChI=1S/C19H18FN3O2/c1-12(18(24)14-7-9-15(20)10-8-14)22-19(25)23-16-6-2-4-13-5-3-11-21-17(13)16/h2-12,18,24H,1H3,(H2,22,23,25). The first-order valence-corrected chi connectivity index (χ1v) is 7.89. The minimum Gasteiger partial charge on any atom is -0.386 e. The molecule has 1 heterocycles. The first-order chi connectivity index (χ1) is 12.0. The third-order valence-electron chi connectivity index (χ3n) is 3.92. The fraction of sp³-hybridized carbons (Fsp3) is 0.158. The van der Waals surface area contributed by atoms with Crippen LogP contribution in [0.2, 0.25) is 0 Å². The van der Waals surface area contributed by atoms with E-state index in [0.29, 0.717) is 16.8 Å². The summed E-state index contributed by atoms with van der Waals surface area (Å²) in [7, 11) is 0. The molecule has 0 radical (unpaired) electrons. The van der Waals surface area contributed by atoms with E-state index in [1.165, 1.54) is 24.3 Å². The number of aliphatic hydroxyl groups is 1. The lowest BCUT2D eigenvalue weighted by molar-refractivity contribution is 0.139. The molecule has 6 heteroatoms. The van der Waals surface area contributed by atoms with Crippen molar-refractivity contribution in [1.82, 2.24) is 10.3 Å². The molecule has 0 fully saturated rings. The van der Waals surface area contributed by atoms with Gasteiger partial charge >= 0.3 is 6.03 Å². The number of anilines is 1. The molecule has 1 aromatic heterocycles. The Morgan fingerprint density at radius 1 is 1.12 bits per heavy atom. The number of urea groups is 1. The average Bonchev–Trinajstić information content (AvgIpc) is 2.62. The van der Waals surface area contributed by atoms with Crippen molar-refractivity contribution in [2.45, 2.75) is 19.1 Å². The molecular weight excluding hydrogens is 321 g/mol. The van der Waals surface area contributed by atoms with E-state index in [1.54, 1.807) is 19.2 Å². The van der Waals surface area contributed by atoms with Crippen LogP contribution >= 0.6 is 0 Å². The average molecular weight is 339 g/mol. The van der Waals surface area contributed by atoms with Gasteiger partial charge in [-0.1, -0.05) is 30.3 Å². The van der Waals surface area contributed by atoms with Crippen molar-refractivity contribution in [2.75, 3.05) is 5.32 Å². The lowest BCUT2D eigenvalue weighted by Gasteiger charge is -2.21. The molecule has 3 N–H and O–H groups in total. The topological polar surface area (TPSA) is 74.2 Å². The van der Waals surface area contributed by atoms with Crippen molar-refractivity contribution >= 4 is 22.6 Å². The number of carbonyl (C=O) groups excluding carboxylic acids is 1. The largest absolute Gasteiger partial charge is 0.386 e. The molecular formula is C19H18FN3O2. The number of pyridine rings is 1. The third kappa shape index (κ3) is 3.92. The SMILES string of the molecule is CC(NC(=O)Nc1cccc2cccnc12)C(O)c1ccc(F)cc1. The molecule has 0 aliphatic carbocycles. The molecule has 0 aliphatic heterocycles. The van der Waals surface area contributed by atoms with Crippen LogP contribution < -0.4 is 10.6 Å². The summed E-state index contributed by atoms with van der Waals surface area (Å²) in [6, 6.07) is 13.7. The molecule has 0 saturated carbocycles. The van der Waals surface area contributed by atoms with E-state index in [4.69, 9.17) is 0 Å². The second-order valence-electron chi connectivity index (χ2n) is 5.76. The zero-order valence-electron chi connectivity index (χ0n) is 13.6. The van der Waals surface area contributed by atoms with Crippen molar-refractivity contribution in [1.29, 1.82) is 0 Å². The van der Waals surface area contributed by atoms with Crippen molar-refractivity contribution < 1.29 is 14.3 Å². The van der Waals surface area contributed by atoms with Gasteiger partial charge in [0, 0.05) is 11.6 Å². The van der Waals surface area contributed by atoms with Gasteiger partial charge in [0.15, 0.2) is 0 Å². The highest BCUT2D eigenvalue weighted by Gasteiger charge is 2.19. The molecule has 2 aromatic carbocycles. The van der Waals surface area contributed by atoms with Gasteiger partial charge in [-0.15, -0.1) is 0 Å². The molecule has 2 atom stereocenters. The molecule has 5 nitrogen and oxygen atoms in total. The van der Waals surface area contributed by atoms with Crippen LogP contribution in [0, 0.1) is 5.82 Å². The quantitative estimate of drug-likeness (QED) is 0.680. The number of fused-ring (bicyclic) bond motifs is 1.